The zero-order valence-electron chi connectivity index (χ0n) is 14.2. The fourth-order valence-electron chi connectivity index (χ4n) is 2.72. The van der Waals surface area contributed by atoms with Gasteiger partial charge in [-0.25, -0.2) is 4.98 Å². The Bertz CT molecular complexity index is 679. The number of hydrogen-bond donors (Lipinski definition) is 2. The van der Waals surface area contributed by atoms with E-state index in [1.807, 2.05) is 29.6 Å². The number of nitrogens with one attached hydrogen (secondary N) is 2. The SMILES string of the molecule is COc1ccc(-c2nc(C(=O)NC3CCNCC3C)cs2)cc1.Cl.Cl. The Kier molecular flexibility index (Phi) is 8.65. The third-order valence-electron chi connectivity index (χ3n) is 4.18. The van der Waals surface area contributed by atoms with Gasteiger partial charge in [0.15, 0.2) is 0 Å². The van der Waals surface area contributed by atoms with E-state index in [9.17, 15) is 4.79 Å². The topological polar surface area (TPSA) is 63.2 Å². The van der Waals surface area contributed by atoms with E-state index < -0.39 is 0 Å². The van der Waals surface area contributed by atoms with Gasteiger partial charge in [-0.2, -0.15) is 0 Å². The molecule has 0 spiro atoms. The predicted molar refractivity (Wildman–Crippen MR) is 107 cm³/mol. The molecular weight excluding hydrogens is 381 g/mol. The summed E-state index contributed by atoms with van der Waals surface area (Å²) in [5.74, 6) is 1.16. The summed E-state index contributed by atoms with van der Waals surface area (Å²) in [6.07, 6.45) is 0.961. The number of carbonyl (C=O) groups excluding carboxylic acids is 1. The summed E-state index contributed by atoms with van der Waals surface area (Å²) >= 11 is 1.48. The number of nitrogens with zero attached hydrogens (tertiary/aromatic N) is 1. The fourth-order valence-corrected chi connectivity index (χ4v) is 3.52. The van der Waals surface area contributed by atoms with Crippen molar-refractivity contribution >= 4 is 42.1 Å². The Labute approximate surface area is 164 Å². The number of methoxy groups -OCH3 is 1. The largest absolute Gasteiger partial charge is 0.497 e. The highest BCUT2D eigenvalue weighted by molar-refractivity contribution is 7.13. The van der Waals surface area contributed by atoms with Crippen molar-refractivity contribution in [2.45, 2.75) is 19.4 Å². The molecule has 0 aliphatic carbocycles. The van der Waals surface area contributed by atoms with E-state index in [4.69, 9.17) is 4.74 Å². The molecule has 2 aromatic rings. The first-order valence-corrected chi connectivity index (χ1v) is 8.67. The molecule has 0 bridgehead atoms. The predicted octanol–water partition coefficient (Wildman–Crippen LogP) is 3.39. The highest BCUT2D eigenvalue weighted by Gasteiger charge is 2.24. The van der Waals surface area contributed by atoms with Crippen molar-refractivity contribution in [1.29, 1.82) is 0 Å². The van der Waals surface area contributed by atoms with Crippen molar-refractivity contribution in [1.82, 2.24) is 15.6 Å². The van der Waals surface area contributed by atoms with Crippen molar-refractivity contribution in [3.63, 3.8) is 0 Å². The van der Waals surface area contributed by atoms with Gasteiger partial charge in [0.25, 0.3) is 5.91 Å². The number of ether oxygens (including phenoxy) is 1. The van der Waals surface area contributed by atoms with Crippen LogP contribution in [0.1, 0.15) is 23.8 Å². The van der Waals surface area contributed by atoms with Gasteiger partial charge in [0.05, 0.1) is 7.11 Å². The molecule has 2 atom stereocenters. The molecular formula is C17H23Cl2N3O2S. The maximum Gasteiger partial charge on any atom is 0.271 e. The summed E-state index contributed by atoms with van der Waals surface area (Å²) in [7, 11) is 1.64. The van der Waals surface area contributed by atoms with E-state index in [-0.39, 0.29) is 36.8 Å². The van der Waals surface area contributed by atoms with Gasteiger partial charge in [-0.3, -0.25) is 4.79 Å². The molecule has 1 aromatic heterocycles. The Morgan fingerprint density at radius 3 is 2.68 bits per heavy atom. The van der Waals surface area contributed by atoms with Crippen molar-refractivity contribution in [2.75, 3.05) is 20.2 Å². The quantitative estimate of drug-likeness (QED) is 0.820. The first-order valence-electron chi connectivity index (χ1n) is 7.79. The van der Waals surface area contributed by atoms with Crippen LogP contribution in [0.25, 0.3) is 10.6 Å². The molecule has 5 nitrogen and oxygen atoms in total. The number of benzene rings is 1. The van der Waals surface area contributed by atoms with Gasteiger partial charge in [-0.05, 0) is 49.7 Å². The van der Waals surface area contributed by atoms with Crippen molar-refractivity contribution < 1.29 is 9.53 Å². The maximum absolute atomic E-state index is 12.4. The molecule has 25 heavy (non-hydrogen) atoms. The van der Waals surface area contributed by atoms with E-state index in [1.54, 1.807) is 7.11 Å². The standard InChI is InChI=1S/C17H21N3O2S.2ClH/c1-11-9-18-8-7-14(11)19-16(21)15-10-23-17(20-15)12-3-5-13(22-2)6-4-12;;/h3-6,10-11,14,18H,7-9H2,1-2H3,(H,19,21);2*1H. The lowest BCUT2D eigenvalue weighted by atomic mass is 9.95. The minimum atomic E-state index is -0.0836. The number of rotatable bonds is 4. The van der Waals surface area contributed by atoms with Gasteiger partial charge in [-0.1, -0.05) is 6.92 Å². The highest BCUT2D eigenvalue weighted by atomic mass is 35.5. The number of aromatic nitrogens is 1. The molecule has 1 aromatic carbocycles. The van der Waals surface area contributed by atoms with E-state index in [0.717, 1.165) is 35.8 Å². The van der Waals surface area contributed by atoms with Gasteiger partial charge in [-0.15, -0.1) is 36.2 Å². The number of amides is 1. The van der Waals surface area contributed by atoms with Crippen molar-refractivity contribution in [2.24, 2.45) is 5.92 Å². The van der Waals surface area contributed by atoms with E-state index in [1.165, 1.54) is 11.3 Å². The van der Waals surface area contributed by atoms with Crippen LogP contribution in [0.2, 0.25) is 0 Å². The molecule has 2 heterocycles. The zero-order chi connectivity index (χ0) is 16.2. The number of halogens is 2. The number of hydrogen-bond acceptors (Lipinski definition) is 5. The van der Waals surface area contributed by atoms with Crippen LogP contribution in [0.15, 0.2) is 29.6 Å². The lowest BCUT2D eigenvalue weighted by Crippen LogP contribution is -2.48. The second kappa shape index (κ2) is 9.97. The summed E-state index contributed by atoms with van der Waals surface area (Å²) in [6, 6.07) is 7.91. The summed E-state index contributed by atoms with van der Waals surface area (Å²) in [5, 5.41) is 9.11. The third kappa shape index (κ3) is 5.31. The van der Waals surface area contributed by atoms with Gasteiger partial charge >= 0.3 is 0 Å². The third-order valence-corrected chi connectivity index (χ3v) is 5.07. The van der Waals surface area contributed by atoms with Gasteiger partial charge in [0, 0.05) is 17.0 Å². The zero-order valence-corrected chi connectivity index (χ0v) is 16.6. The minimum absolute atomic E-state index is 0. The molecule has 1 amide bonds. The molecule has 0 radical (unpaired) electrons. The van der Waals surface area contributed by atoms with Crippen LogP contribution >= 0.6 is 36.2 Å². The lowest BCUT2D eigenvalue weighted by Gasteiger charge is -2.29. The van der Waals surface area contributed by atoms with Crippen molar-refractivity contribution in [3.05, 3.63) is 35.3 Å². The average Bonchev–Trinajstić information content (AvgIpc) is 3.07. The Morgan fingerprint density at radius 2 is 2.04 bits per heavy atom. The summed E-state index contributed by atoms with van der Waals surface area (Å²) in [6.45, 7) is 4.05. The molecule has 0 saturated carbocycles. The first kappa shape index (κ1) is 21.7. The van der Waals surface area contributed by atoms with Gasteiger partial charge in [0.2, 0.25) is 0 Å². The van der Waals surface area contributed by atoms with Crippen molar-refractivity contribution in [3.8, 4) is 16.3 Å². The lowest BCUT2D eigenvalue weighted by molar-refractivity contribution is 0.0910. The molecule has 1 fully saturated rings. The van der Waals surface area contributed by atoms with Crippen LogP contribution in [0.4, 0.5) is 0 Å². The second-order valence-corrected chi connectivity index (χ2v) is 6.67. The van der Waals surface area contributed by atoms with E-state index in [2.05, 4.69) is 22.5 Å². The van der Waals surface area contributed by atoms with E-state index >= 15 is 0 Å². The van der Waals surface area contributed by atoms with Crippen LogP contribution < -0.4 is 15.4 Å². The molecule has 138 valence electrons. The molecule has 2 N–H and O–H groups in total. The number of thiazole rings is 1. The molecule has 3 rings (SSSR count). The second-order valence-electron chi connectivity index (χ2n) is 5.82. The molecule has 1 aliphatic rings. The Hall–Kier alpha value is -1.34. The molecule has 1 aliphatic heterocycles. The number of carbonyl (C=O) groups is 1. The Balaban J connectivity index is 0.00000156. The monoisotopic (exact) mass is 403 g/mol. The van der Waals surface area contributed by atoms with E-state index in [0.29, 0.717) is 11.6 Å². The Morgan fingerprint density at radius 1 is 1.32 bits per heavy atom. The first-order chi connectivity index (χ1) is 11.2. The van der Waals surface area contributed by atoms with Crippen LogP contribution in [-0.4, -0.2) is 37.1 Å². The summed E-state index contributed by atoms with van der Waals surface area (Å²) in [5.41, 5.74) is 1.48. The maximum atomic E-state index is 12.4. The normalized spacial score (nSPS) is 19.3. The highest BCUT2D eigenvalue weighted by Crippen LogP contribution is 2.25. The molecule has 2 unspecified atom stereocenters. The van der Waals surface area contributed by atoms with Crippen LogP contribution in [0.3, 0.4) is 0 Å². The molecule has 8 heteroatoms. The summed E-state index contributed by atoms with van der Waals surface area (Å²) < 4.78 is 5.16. The smallest absolute Gasteiger partial charge is 0.271 e. The minimum Gasteiger partial charge on any atom is -0.497 e. The van der Waals surface area contributed by atoms with Gasteiger partial charge < -0.3 is 15.4 Å². The van der Waals surface area contributed by atoms with Crippen LogP contribution in [-0.2, 0) is 0 Å². The van der Waals surface area contributed by atoms with Crippen LogP contribution in [0, 0.1) is 5.92 Å². The fraction of sp³-hybridized carbons (Fsp3) is 0.412. The summed E-state index contributed by atoms with van der Waals surface area (Å²) in [4.78, 5) is 16.9. The molecule has 1 saturated heterocycles. The number of piperidine rings is 1. The van der Waals surface area contributed by atoms with Crippen LogP contribution in [0.5, 0.6) is 5.75 Å². The van der Waals surface area contributed by atoms with Gasteiger partial charge in [0.1, 0.15) is 16.5 Å². The average molecular weight is 404 g/mol.